The van der Waals surface area contributed by atoms with Crippen LogP contribution in [0, 0.1) is 18.6 Å². The van der Waals surface area contributed by atoms with Crippen LogP contribution < -0.4 is 10.6 Å². The van der Waals surface area contributed by atoms with Crippen LogP contribution in [0.1, 0.15) is 37.2 Å². The number of hydrogen-bond donors (Lipinski definition) is 2. The van der Waals surface area contributed by atoms with Gasteiger partial charge in [-0.1, -0.05) is 11.2 Å². The normalized spacial score (nSPS) is 13.0. The van der Waals surface area contributed by atoms with Gasteiger partial charge in [-0.2, -0.15) is 4.98 Å². The Morgan fingerprint density at radius 3 is 2.74 bits per heavy atom. The highest BCUT2D eigenvalue weighted by Gasteiger charge is 2.11. The number of aliphatic imine (C=N–C) groups is 1. The zero-order chi connectivity index (χ0) is 16.8. The van der Waals surface area contributed by atoms with E-state index in [1.54, 1.807) is 6.92 Å². The van der Waals surface area contributed by atoms with Gasteiger partial charge < -0.3 is 15.2 Å². The monoisotopic (exact) mass is 323 g/mol. The Bertz CT molecular complexity index is 686. The highest BCUT2D eigenvalue weighted by molar-refractivity contribution is 5.80. The van der Waals surface area contributed by atoms with E-state index in [1.165, 1.54) is 12.1 Å². The average Bonchev–Trinajstić information content (AvgIpc) is 2.93. The van der Waals surface area contributed by atoms with Crippen molar-refractivity contribution in [3.05, 3.63) is 47.1 Å². The molecule has 0 saturated heterocycles. The van der Waals surface area contributed by atoms with Crippen LogP contribution in [-0.2, 0) is 6.54 Å². The van der Waals surface area contributed by atoms with Crippen LogP contribution in [0.4, 0.5) is 8.78 Å². The van der Waals surface area contributed by atoms with Crippen molar-refractivity contribution < 1.29 is 13.3 Å². The standard InChI is InChI=1S/C15H19F2N5O/c1-4-18-15(19-8-14-21-10(3)23-22-14)20-9(2)11-5-6-12(16)13(17)7-11/h5-7,9H,4,8H2,1-3H3,(H2,18,19,20). The van der Waals surface area contributed by atoms with Gasteiger partial charge in [0, 0.05) is 13.5 Å². The summed E-state index contributed by atoms with van der Waals surface area (Å²) >= 11 is 0. The van der Waals surface area contributed by atoms with Crippen LogP contribution in [0.25, 0.3) is 0 Å². The fraction of sp³-hybridized carbons (Fsp3) is 0.400. The van der Waals surface area contributed by atoms with Gasteiger partial charge in [0.15, 0.2) is 23.4 Å². The average molecular weight is 323 g/mol. The fourth-order valence-electron chi connectivity index (χ4n) is 1.95. The Balaban J connectivity index is 2.06. The van der Waals surface area contributed by atoms with E-state index >= 15 is 0 Å². The van der Waals surface area contributed by atoms with Crippen molar-refractivity contribution in [3.8, 4) is 0 Å². The predicted molar refractivity (Wildman–Crippen MR) is 81.8 cm³/mol. The first-order valence-electron chi connectivity index (χ1n) is 7.28. The lowest BCUT2D eigenvalue weighted by Gasteiger charge is -2.18. The Morgan fingerprint density at radius 2 is 2.13 bits per heavy atom. The summed E-state index contributed by atoms with van der Waals surface area (Å²) in [5.74, 6) is -0.273. The number of rotatable bonds is 5. The Labute approximate surface area is 133 Å². The van der Waals surface area contributed by atoms with E-state index in [2.05, 4.69) is 25.8 Å². The van der Waals surface area contributed by atoms with Crippen LogP contribution in [0.3, 0.4) is 0 Å². The summed E-state index contributed by atoms with van der Waals surface area (Å²) in [4.78, 5) is 8.41. The quantitative estimate of drug-likeness (QED) is 0.653. The van der Waals surface area contributed by atoms with Gasteiger partial charge in [0.05, 0.1) is 6.04 Å². The van der Waals surface area contributed by atoms with E-state index in [0.29, 0.717) is 29.8 Å². The van der Waals surface area contributed by atoms with Crippen molar-refractivity contribution in [2.45, 2.75) is 33.4 Å². The third kappa shape index (κ3) is 4.73. The smallest absolute Gasteiger partial charge is 0.223 e. The van der Waals surface area contributed by atoms with E-state index in [1.807, 2.05) is 13.8 Å². The zero-order valence-electron chi connectivity index (χ0n) is 13.2. The highest BCUT2D eigenvalue weighted by Crippen LogP contribution is 2.15. The molecule has 0 radical (unpaired) electrons. The molecule has 0 fully saturated rings. The van der Waals surface area contributed by atoms with Crippen LogP contribution in [0.15, 0.2) is 27.7 Å². The van der Waals surface area contributed by atoms with Gasteiger partial charge in [-0.05, 0) is 31.5 Å². The second kappa shape index (κ2) is 7.66. The SMILES string of the molecule is CCNC(=NCc1noc(C)n1)NC(C)c1ccc(F)c(F)c1. The van der Waals surface area contributed by atoms with Crippen LogP contribution in [-0.4, -0.2) is 22.6 Å². The Kier molecular flexibility index (Phi) is 5.61. The molecule has 0 spiro atoms. The van der Waals surface area contributed by atoms with Crippen LogP contribution >= 0.6 is 0 Å². The van der Waals surface area contributed by atoms with Gasteiger partial charge >= 0.3 is 0 Å². The first-order chi connectivity index (χ1) is 11.0. The van der Waals surface area contributed by atoms with Gasteiger partial charge in [0.25, 0.3) is 0 Å². The summed E-state index contributed by atoms with van der Waals surface area (Å²) in [5.41, 5.74) is 0.616. The molecule has 124 valence electrons. The number of aromatic nitrogens is 2. The maximum absolute atomic E-state index is 13.3. The van der Waals surface area contributed by atoms with E-state index in [9.17, 15) is 8.78 Å². The van der Waals surface area contributed by atoms with Gasteiger partial charge in [0.2, 0.25) is 5.89 Å². The molecule has 8 heteroatoms. The van der Waals surface area contributed by atoms with E-state index in [-0.39, 0.29) is 12.6 Å². The third-order valence-electron chi connectivity index (χ3n) is 3.09. The zero-order valence-corrected chi connectivity index (χ0v) is 13.2. The molecule has 23 heavy (non-hydrogen) atoms. The minimum atomic E-state index is -0.875. The fourth-order valence-corrected chi connectivity index (χ4v) is 1.95. The largest absolute Gasteiger partial charge is 0.357 e. The molecular formula is C15H19F2N5O. The van der Waals surface area contributed by atoms with Crippen LogP contribution in [0.2, 0.25) is 0 Å². The molecule has 1 aromatic heterocycles. The summed E-state index contributed by atoms with van der Waals surface area (Å²) in [6.45, 7) is 6.36. The topological polar surface area (TPSA) is 75.3 Å². The van der Waals surface area contributed by atoms with Gasteiger partial charge in [-0.25, -0.2) is 13.8 Å². The predicted octanol–water partition coefficient (Wildman–Crippen LogP) is 2.47. The molecule has 1 atom stereocenters. The summed E-state index contributed by atoms with van der Waals surface area (Å²) in [5, 5.41) is 9.96. The molecule has 0 aliphatic carbocycles. The van der Waals surface area contributed by atoms with Crippen molar-refractivity contribution in [1.29, 1.82) is 0 Å². The summed E-state index contributed by atoms with van der Waals surface area (Å²) in [6, 6.07) is 3.55. The minimum absolute atomic E-state index is 0.247. The number of hydrogen-bond acceptors (Lipinski definition) is 4. The first-order valence-corrected chi connectivity index (χ1v) is 7.28. The van der Waals surface area contributed by atoms with Gasteiger partial charge in [-0.15, -0.1) is 0 Å². The summed E-state index contributed by atoms with van der Waals surface area (Å²) in [7, 11) is 0. The molecule has 1 heterocycles. The minimum Gasteiger partial charge on any atom is -0.357 e. The Morgan fingerprint density at radius 1 is 1.35 bits per heavy atom. The van der Waals surface area contributed by atoms with Crippen molar-refractivity contribution in [2.75, 3.05) is 6.54 Å². The van der Waals surface area contributed by atoms with E-state index in [0.717, 1.165) is 6.07 Å². The molecule has 2 rings (SSSR count). The molecule has 0 aliphatic heterocycles. The van der Waals surface area contributed by atoms with Gasteiger partial charge in [0.1, 0.15) is 6.54 Å². The second-order valence-electron chi connectivity index (χ2n) is 4.96. The molecule has 1 aromatic carbocycles. The van der Waals surface area contributed by atoms with Crippen molar-refractivity contribution in [3.63, 3.8) is 0 Å². The number of benzene rings is 1. The maximum atomic E-state index is 13.3. The number of nitrogens with one attached hydrogen (secondary N) is 2. The maximum Gasteiger partial charge on any atom is 0.223 e. The molecule has 2 N–H and O–H groups in total. The van der Waals surface area contributed by atoms with Crippen molar-refractivity contribution in [1.82, 2.24) is 20.8 Å². The van der Waals surface area contributed by atoms with E-state index in [4.69, 9.17) is 4.52 Å². The molecule has 0 saturated carbocycles. The molecule has 0 bridgehead atoms. The Hall–Kier alpha value is -2.51. The summed E-state index contributed by atoms with van der Waals surface area (Å²) in [6.07, 6.45) is 0. The summed E-state index contributed by atoms with van der Waals surface area (Å²) < 4.78 is 31.2. The number of halogens is 2. The number of aryl methyl sites for hydroxylation is 1. The lowest BCUT2D eigenvalue weighted by atomic mass is 10.1. The number of guanidine groups is 1. The lowest BCUT2D eigenvalue weighted by molar-refractivity contribution is 0.387. The molecular weight excluding hydrogens is 304 g/mol. The second-order valence-corrected chi connectivity index (χ2v) is 4.96. The van der Waals surface area contributed by atoms with Crippen molar-refractivity contribution in [2.24, 2.45) is 4.99 Å². The van der Waals surface area contributed by atoms with Crippen molar-refractivity contribution >= 4 is 5.96 Å². The first kappa shape index (κ1) is 16.9. The molecule has 0 aliphatic rings. The molecule has 2 aromatic rings. The lowest BCUT2D eigenvalue weighted by Crippen LogP contribution is -2.38. The van der Waals surface area contributed by atoms with Crippen LogP contribution in [0.5, 0.6) is 0 Å². The van der Waals surface area contributed by atoms with Gasteiger partial charge in [-0.3, -0.25) is 0 Å². The molecule has 6 nitrogen and oxygen atoms in total. The number of nitrogens with zero attached hydrogens (tertiary/aromatic N) is 3. The molecule has 0 amide bonds. The molecule has 1 unspecified atom stereocenters. The van der Waals surface area contributed by atoms with E-state index < -0.39 is 11.6 Å². The highest BCUT2D eigenvalue weighted by atomic mass is 19.2. The third-order valence-corrected chi connectivity index (χ3v) is 3.09.